The zero-order chi connectivity index (χ0) is 15.6. The average Bonchev–Trinajstić information content (AvgIpc) is 2.92. The van der Waals surface area contributed by atoms with Gasteiger partial charge < -0.3 is 4.57 Å². The molecule has 24 heavy (non-hydrogen) atoms. The first kappa shape index (κ1) is 16.3. The molecule has 0 aliphatic heterocycles. The van der Waals surface area contributed by atoms with Crippen molar-refractivity contribution in [3.05, 3.63) is 90.3 Å². The fraction of sp³-hybridized carbons (Fsp3) is 0.0952. The first-order valence-electron chi connectivity index (χ1n) is 7.87. The fourth-order valence-corrected chi connectivity index (χ4v) is 3.13. The van der Waals surface area contributed by atoms with Gasteiger partial charge in [0.1, 0.15) is 0 Å². The normalized spacial score (nSPS) is 10.5. The van der Waals surface area contributed by atoms with E-state index in [4.69, 9.17) is 0 Å². The highest BCUT2D eigenvalue weighted by atomic mass is 35.5. The molecule has 0 amide bonds. The molecule has 0 radical (unpaired) electrons. The summed E-state index contributed by atoms with van der Waals surface area (Å²) in [6.45, 7) is 3.03. The number of benzene rings is 2. The van der Waals surface area contributed by atoms with Crippen molar-refractivity contribution in [3.8, 4) is 11.3 Å². The van der Waals surface area contributed by atoms with Gasteiger partial charge in [0, 0.05) is 29.4 Å². The second-order valence-electron chi connectivity index (χ2n) is 5.82. The summed E-state index contributed by atoms with van der Waals surface area (Å²) in [5, 5.41) is 1.24. The minimum atomic E-state index is 0. The SMILES string of the molecule is Cc1cc2ccnc(-c3ccccc3)c2n1Cc1ccccc1.Cl. The maximum atomic E-state index is 4.67. The molecule has 2 nitrogen and oxygen atoms in total. The maximum Gasteiger partial charge on any atom is 0.0944 e. The van der Waals surface area contributed by atoms with Crippen LogP contribution in [0.2, 0.25) is 0 Å². The van der Waals surface area contributed by atoms with Gasteiger partial charge in [-0.1, -0.05) is 60.7 Å². The Kier molecular flexibility index (Phi) is 4.68. The molecule has 2 aromatic heterocycles. The summed E-state index contributed by atoms with van der Waals surface area (Å²) >= 11 is 0. The maximum absolute atomic E-state index is 4.67. The van der Waals surface area contributed by atoms with Crippen LogP contribution in [-0.4, -0.2) is 9.55 Å². The van der Waals surface area contributed by atoms with E-state index in [0.717, 1.165) is 17.8 Å². The number of nitrogens with zero attached hydrogens (tertiary/aromatic N) is 2. The summed E-state index contributed by atoms with van der Waals surface area (Å²) in [6.07, 6.45) is 1.90. The standard InChI is InChI=1S/C21H18N2.ClH/c1-16-14-19-12-13-22-20(18-10-6-3-7-11-18)21(19)23(16)15-17-8-4-2-5-9-17;/h2-14H,15H2,1H3;1H. The van der Waals surface area contributed by atoms with Crippen LogP contribution in [0.5, 0.6) is 0 Å². The van der Waals surface area contributed by atoms with Gasteiger partial charge in [-0.05, 0) is 24.6 Å². The van der Waals surface area contributed by atoms with Gasteiger partial charge >= 0.3 is 0 Å². The molecular formula is C21H19ClN2. The molecule has 2 aromatic carbocycles. The molecule has 0 spiro atoms. The monoisotopic (exact) mass is 334 g/mol. The molecule has 0 saturated carbocycles. The Morgan fingerprint density at radius 1 is 0.875 bits per heavy atom. The Labute approximate surface area is 148 Å². The van der Waals surface area contributed by atoms with Gasteiger partial charge in [-0.3, -0.25) is 4.98 Å². The first-order chi connectivity index (χ1) is 11.3. The quantitative estimate of drug-likeness (QED) is 0.485. The van der Waals surface area contributed by atoms with Crippen molar-refractivity contribution in [2.24, 2.45) is 0 Å². The van der Waals surface area contributed by atoms with Gasteiger partial charge in [0.05, 0.1) is 11.2 Å². The van der Waals surface area contributed by atoms with E-state index in [1.807, 2.05) is 12.3 Å². The van der Waals surface area contributed by atoms with Crippen LogP contribution in [0.3, 0.4) is 0 Å². The summed E-state index contributed by atoms with van der Waals surface area (Å²) in [6, 6.07) is 25.3. The number of hydrogen-bond acceptors (Lipinski definition) is 1. The van der Waals surface area contributed by atoms with Gasteiger partial charge in [-0.15, -0.1) is 12.4 Å². The van der Waals surface area contributed by atoms with Crippen molar-refractivity contribution in [1.82, 2.24) is 9.55 Å². The molecule has 0 unspecified atom stereocenters. The number of pyridine rings is 1. The molecular weight excluding hydrogens is 316 g/mol. The molecule has 0 fully saturated rings. The van der Waals surface area contributed by atoms with Crippen molar-refractivity contribution < 1.29 is 0 Å². The second-order valence-corrected chi connectivity index (χ2v) is 5.82. The highest BCUT2D eigenvalue weighted by Crippen LogP contribution is 2.29. The van der Waals surface area contributed by atoms with E-state index in [0.29, 0.717) is 0 Å². The van der Waals surface area contributed by atoms with Crippen molar-refractivity contribution >= 4 is 23.3 Å². The molecule has 4 aromatic rings. The van der Waals surface area contributed by atoms with E-state index in [1.54, 1.807) is 0 Å². The van der Waals surface area contributed by atoms with Gasteiger partial charge in [0.25, 0.3) is 0 Å². The number of rotatable bonds is 3. The van der Waals surface area contributed by atoms with E-state index in [9.17, 15) is 0 Å². The van der Waals surface area contributed by atoms with Crippen LogP contribution in [0.25, 0.3) is 22.2 Å². The van der Waals surface area contributed by atoms with Gasteiger partial charge in [0.15, 0.2) is 0 Å². The molecule has 2 heterocycles. The second kappa shape index (κ2) is 6.90. The van der Waals surface area contributed by atoms with Crippen molar-refractivity contribution in [2.45, 2.75) is 13.5 Å². The highest BCUT2D eigenvalue weighted by Gasteiger charge is 2.12. The molecule has 120 valence electrons. The summed E-state index contributed by atoms with van der Waals surface area (Å²) in [5.41, 5.74) is 5.97. The smallest absolute Gasteiger partial charge is 0.0944 e. The number of aromatic nitrogens is 2. The van der Waals surface area contributed by atoms with Crippen LogP contribution in [0, 0.1) is 6.92 Å². The predicted octanol–water partition coefficient (Wildman–Crippen LogP) is 5.48. The molecule has 4 rings (SSSR count). The van der Waals surface area contributed by atoms with Gasteiger partial charge in [0.2, 0.25) is 0 Å². The van der Waals surface area contributed by atoms with Crippen molar-refractivity contribution in [2.75, 3.05) is 0 Å². The zero-order valence-electron chi connectivity index (χ0n) is 13.5. The molecule has 0 saturated heterocycles. The lowest BCUT2D eigenvalue weighted by atomic mass is 10.1. The molecule has 0 aliphatic carbocycles. The summed E-state index contributed by atoms with van der Waals surface area (Å²) in [5.74, 6) is 0. The Balaban J connectivity index is 0.00000169. The van der Waals surface area contributed by atoms with E-state index >= 15 is 0 Å². The highest BCUT2D eigenvalue weighted by molar-refractivity contribution is 5.93. The minimum Gasteiger partial charge on any atom is -0.339 e. The Morgan fingerprint density at radius 3 is 2.25 bits per heavy atom. The van der Waals surface area contributed by atoms with Crippen LogP contribution in [0.4, 0.5) is 0 Å². The predicted molar refractivity (Wildman–Crippen MR) is 103 cm³/mol. The number of halogens is 1. The summed E-state index contributed by atoms with van der Waals surface area (Å²) in [4.78, 5) is 4.67. The Hall–Kier alpha value is -2.58. The third kappa shape index (κ3) is 2.93. The van der Waals surface area contributed by atoms with Crippen LogP contribution in [0.15, 0.2) is 79.0 Å². The average molecular weight is 335 g/mol. The number of hydrogen-bond donors (Lipinski definition) is 0. The van der Waals surface area contributed by atoms with Crippen LogP contribution in [0.1, 0.15) is 11.3 Å². The van der Waals surface area contributed by atoms with E-state index in [2.05, 4.69) is 83.2 Å². The minimum absolute atomic E-state index is 0. The fourth-order valence-electron chi connectivity index (χ4n) is 3.13. The number of aryl methyl sites for hydroxylation is 1. The summed E-state index contributed by atoms with van der Waals surface area (Å²) < 4.78 is 2.36. The lowest BCUT2D eigenvalue weighted by Gasteiger charge is -2.11. The molecule has 0 atom stereocenters. The Bertz CT molecular complexity index is 944. The van der Waals surface area contributed by atoms with Gasteiger partial charge in [-0.2, -0.15) is 0 Å². The van der Waals surface area contributed by atoms with Crippen LogP contribution in [-0.2, 0) is 6.54 Å². The van der Waals surface area contributed by atoms with Crippen molar-refractivity contribution in [3.63, 3.8) is 0 Å². The number of fused-ring (bicyclic) bond motifs is 1. The third-order valence-electron chi connectivity index (χ3n) is 4.25. The van der Waals surface area contributed by atoms with Crippen LogP contribution < -0.4 is 0 Å². The molecule has 0 N–H and O–H groups in total. The Morgan fingerprint density at radius 2 is 1.54 bits per heavy atom. The first-order valence-corrected chi connectivity index (χ1v) is 7.87. The zero-order valence-corrected chi connectivity index (χ0v) is 14.3. The van der Waals surface area contributed by atoms with Crippen molar-refractivity contribution in [1.29, 1.82) is 0 Å². The van der Waals surface area contributed by atoms with Crippen LogP contribution >= 0.6 is 12.4 Å². The van der Waals surface area contributed by atoms with E-state index in [1.165, 1.54) is 22.2 Å². The topological polar surface area (TPSA) is 17.8 Å². The van der Waals surface area contributed by atoms with Gasteiger partial charge in [-0.25, -0.2) is 0 Å². The molecule has 0 aliphatic rings. The summed E-state index contributed by atoms with van der Waals surface area (Å²) in [7, 11) is 0. The lowest BCUT2D eigenvalue weighted by Crippen LogP contribution is -2.02. The van der Waals surface area contributed by atoms with E-state index < -0.39 is 0 Å². The largest absolute Gasteiger partial charge is 0.339 e. The molecule has 0 bridgehead atoms. The lowest BCUT2D eigenvalue weighted by molar-refractivity contribution is 0.804. The molecule has 3 heteroatoms. The third-order valence-corrected chi connectivity index (χ3v) is 4.25. The van der Waals surface area contributed by atoms with E-state index in [-0.39, 0.29) is 12.4 Å².